The lowest BCUT2D eigenvalue weighted by Crippen LogP contribution is -2.34. The highest BCUT2D eigenvalue weighted by Crippen LogP contribution is 2.32. The van der Waals surface area contributed by atoms with Crippen LogP contribution in [0.4, 0.5) is 11.4 Å². The zero-order valence-electron chi connectivity index (χ0n) is 13.4. The number of benzene rings is 2. The molecule has 0 fully saturated rings. The van der Waals surface area contributed by atoms with Gasteiger partial charge in [0.25, 0.3) is 11.8 Å². The number of nitrogens with zero attached hydrogens (tertiary/aromatic N) is 1. The standard InChI is InChI=1S/C18H15N3O4/c1-11-18(23)21-15-8-13(5-6-16(15)25-11)20-17(22)10-24-14-4-2-3-12(7-14)9-19/h2-8,11H,10H2,1H3,(H,20,22)(H,21,23). The van der Waals surface area contributed by atoms with Gasteiger partial charge >= 0.3 is 0 Å². The molecule has 2 aromatic rings. The quantitative estimate of drug-likeness (QED) is 0.891. The maximum Gasteiger partial charge on any atom is 0.265 e. The summed E-state index contributed by atoms with van der Waals surface area (Å²) in [7, 11) is 0. The highest BCUT2D eigenvalue weighted by molar-refractivity contribution is 5.99. The number of hydrogen-bond donors (Lipinski definition) is 2. The first-order valence-electron chi connectivity index (χ1n) is 7.59. The number of anilines is 2. The summed E-state index contributed by atoms with van der Waals surface area (Å²) in [4.78, 5) is 23.6. The van der Waals surface area contributed by atoms with Gasteiger partial charge in [0.15, 0.2) is 12.7 Å². The van der Waals surface area contributed by atoms with Gasteiger partial charge in [-0.1, -0.05) is 6.07 Å². The topological polar surface area (TPSA) is 100 Å². The van der Waals surface area contributed by atoms with E-state index in [4.69, 9.17) is 14.7 Å². The maximum absolute atomic E-state index is 12.0. The number of rotatable bonds is 4. The van der Waals surface area contributed by atoms with Crippen LogP contribution in [0.1, 0.15) is 12.5 Å². The summed E-state index contributed by atoms with van der Waals surface area (Å²) in [6, 6.07) is 13.5. The molecule has 3 rings (SSSR count). The molecule has 25 heavy (non-hydrogen) atoms. The monoisotopic (exact) mass is 337 g/mol. The Morgan fingerprint density at radius 1 is 1.36 bits per heavy atom. The number of nitriles is 1. The fourth-order valence-electron chi connectivity index (χ4n) is 2.29. The minimum absolute atomic E-state index is 0.203. The minimum Gasteiger partial charge on any atom is -0.484 e. The van der Waals surface area contributed by atoms with Crippen LogP contribution in [-0.4, -0.2) is 24.5 Å². The first-order chi connectivity index (χ1) is 12.0. The second kappa shape index (κ2) is 6.93. The largest absolute Gasteiger partial charge is 0.484 e. The van der Waals surface area contributed by atoms with E-state index in [0.717, 1.165) is 0 Å². The SMILES string of the molecule is CC1Oc2ccc(NC(=O)COc3cccc(C#N)c3)cc2NC1=O. The second-order valence-corrected chi connectivity index (χ2v) is 5.44. The molecule has 126 valence electrons. The second-order valence-electron chi connectivity index (χ2n) is 5.44. The van der Waals surface area contributed by atoms with Crippen molar-refractivity contribution in [3.63, 3.8) is 0 Å². The van der Waals surface area contributed by atoms with Gasteiger partial charge in [0.1, 0.15) is 11.5 Å². The predicted octanol–water partition coefficient (Wildman–Crippen LogP) is 2.30. The molecule has 1 aliphatic heterocycles. The number of carbonyl (C=O) groups is 2. The highest BCUT2D eigenvalue weighted by Gasteiger charge is 2.23. The van der Waals surface area contributed by atoms with Gasteiger partial charge in [-0.3, -0.25) is 9.59 Å². The molecular weight excluding hydrogens is 322 g/mol. The van der Waals surface area contributed by atoms with E-state index in [1.54, 1.807) is 49.4 Å². The van der Waals surface area contributed by atoms with Gasteiger partial charge in [-0.2, -0.15) is 5.26 Å². The molecule has 7 nitrogen and oxygen atoms in total. The summed E-state index contributed by atoms with van der Waals surface area (Å²) in [6.07, 6.45) is -0.550. The van der Waals surface area contributed by atoms with E-state index in [1.807, 2.05) is 6.07 Å². The molecule has 2 N–H and O–H groups in total. The van der Waals surface area contributed by atoms with Crippen molar-refractivity contribution in [2.75, 3.05) is 17.2 Å². The van der Waals surface area contributed by atoms with Crippen molar-refractivity contribution in [3.8, 4) is 17.6 Å². The normalized spacial score (nSPS) is 15.2. The van der Waals surface area contributed by atoms with E-state index in [2.05, 4.69) is 10.6 Å². The van der Waals surface area contributed by atoms with Crippen molar-refractivity contribution >= 4 is 23.2 Å². The van der Waals surface area contributed by atoms with Gasteiger partial charge in [0, 0.05) is 5.69 Å². The van der Waals surface area contributed by atoms with Crippen LogP contribution in [0.5, 0.6) is 11.5 Å². The fraction of sp³-hybridized carbons (Fsp3) is 0.167. The molecule has 1 heterocycles. The first-order valence-corrected chi connectivity index (χ1v) is 7.59. The third kappa shape index (κ3) is 3.87. The average Bonchev–Trinajstić information content (AvgIpc) is 2.61. The van der Waals surface area contributed by atoms with Crippen molar-refractivity contribution in [1.82, 2.24) is 0 Å². The van der Waals surface area contributed by atoms with E-state index in [-0.39, 0.29) is 18.4 Å². The van der Waals surface area contributed by atoms with Crippen LogP contribution in [-0.2, 0) is 9.59 Å². The molecule has 2 amide bonds. The lowest BCUT2D eigenvalue weighted by Gasteiger charge is -2.23. The lowest BCUT2D eigenvalue weighted by atomic mass is 10.2. The summed E-state index contributed by atoms with van der Waals surface area (Å²) >= 11 is 0. The molecule has 1 unspecified atom stereocenters. The van der Waals surface area contributed by atoms with Crippen molar-refractivity contribution in [3.05, 3.63) is 48.0 Å². The summed E-state index contributed by atoms with van der Waals surface area (Å²) in [5.74, 6) is 0.388. The molecule has 0 aromatic heterocycles. The third-order valence-corrected chi connectivity index (χ3v) is 3.53. The zero-order valence-corrected chi connectivity index (χ0v) is 13.4. The van der Waals surface area contributed by atoms with Crippen LogP contribution in [0, 0.1) is 11.3 Å². The maximum atomic E-state index is 12.0. The molecule has 1 atom stereocenters. The number of nitrogens with one attached hydrogen (secondary N) is 2. The Morgan fingerprint density at radius 3 is 3.00 bits per heavy atom. The van der Waals surface area contributed by atoms with Crippen LogP contribution in [0.3, 0.4) is 0 Å². The summed E-state index contributed by atoms with van der Waals surface area (Å²) < 4.78 is 10.8. The number of hydrogen-bond acceptors (Lipinski definition) is 5. The van der Waals surface area contributed by atoms with Crippen LogP contribution in [0.25, 0.3) is 0 Å². The first kappa shape index (κ1) is 16.3. The number of amides is 2. The minimum atomic E-state index is -0.550. The van der Waals surface area contributed by atoms with Crippen molar-refractivity contribution in [1.29, 1.82) is 5.26 Å². The van der Waals surface area contributed by atoms with E-state index in [1.165, 1.54) is 0 Å². The van der Waals surface area contributed by atoms with Crippen molar-refractivity contribution in [2.24, 2.45) is 0 Å². The van der Waals surface area contributed by atoms with Gasteiger partial charge in [0.2, 0.25) is 0 Å². The van der Waals surface area contributed by atoms with Gasteiger partial charge in [-0.25, -0.2) is 0 Å². The van der Waals surface area contributed by atoms with Crippen molar-refractivity contribution in [2.45, 2.75) is 13.0 Å². The Bertz CT molecular complexity index is 873. The molecule has 2 aromatic carbocycles. The Kier molecular flexibility index (Phi) is 4.53. The van der Waals surface area contributed by atoms with E-state index >= 15 is 0 Å². The number of carbonyl (C=O) groups excluding carboxylic acids is 2. The number of fused-ring (bicyclic) bond motifs is 1. The van der Waals surface area contributed by atoms with Gasteiger partial charge in [-0.05, 0) is 43.3 Å². The Morgan fingerprint density at radius 2 is 2.20 bits per heavy atom. The van der Waals surface area contributed by atoms with Crippen LogP contribution >= 0.6 is 0 Å². The Labute approximate surface area is 144 Å². The van der Waals surface area contributed by atoms with Crippen LogP contribution in [0.2, 0.25) is 0 Å². The van der Waals surface area contributed by atoms with Crippen molar-refractivity contribution < 1.29 is 19.1 Å². The van der Waals surface area contributed by atoms with Gasteiger partial charge in [0.05, 0.1) is 17.3 Å². The van der Waals surface area contributed by atoms with Gasteiger partial charge in [-0.15, -0.1) is 0 Å². The number of ether oxygens (including phenoxy) is 2. The summed E-state index contributed by atoms with van der Waals surface area (Å²) in [5.41, 5.74) is 1.47. The van der Waals surface area contributed by atoms with E-state index in [0.29, 0.717) is 28.4 Å². The Hall–Kier alpha value is -3.53. The summed E-state index contributed by atoms with van der Waals surface area (Å²) in [5, 5.41) is 14.2. The molecule has 0 bridgehead atoms. The molecule has 0 radical (unpaired) electrons. The van der Waals surface area contributed by atoms with Gasteiger partial charge < -0.3 is 20.1 Å². The molecule has 1 aliphatic rings. The lowest BCUT2D eigenvalue weighted by molar-refractivity contribution is -0.122. The highest BCUT2D eigenvalue weighted by atomic mass is 16.5. The van der Waals surface area contributed by atoms with Crippen LogP contribution < -0.4 is 20.1 Å². The third-order valence-electron chi connectivity index (χ3n) is 3.53. The molecule has 0 saturated heterocycles. The van der Waals surface area contributed by atoms with E-state index in [9.17, 15) is 9.59 Å². The molecular formula is C18H15N3O4. The zero-order chi connectivity index (χ0) is 17.8. The predicted molar refractivity (Wildman–Crippen MR) is 90.4 cm³/mol. The molecule has 0 spiro atoms. The van der Waals surface area contributed by atoms with E-state index < -0.39 is 6.10 Å². The summed E-state index contributed by atoms with van der Waals surface area (Å²) in [6.45, 7) is 1.46. The molecule has 0 aliphatic carbocycles. The average molecular weight is 337 g/mol. The van der Waals surface area contributed by atoms with Crippen LogP contribution in [0.15, 0.2) is 42.5 Å². The fourth-order valence-corrected chi connectivity index (χ4v) is 2.29. The molecule has 7 heteroatoms. The molecule has 0 saturated carbocycles. The Balaban J connectivity index is 1.61. The smallest absolute Gasteiger partial charge is 0.265 e.